The molecule has 0 bridgehead atoms. The summed E-state index contributed by atoms with van der Waals surface area (Å²) in [4.78, 5) is 14.5. The van der Waals surface area contributed by atoms with Gasteiger partial charge in [-0.15, -0.1) is 0 Å². The Kier molecular flexibility index (Phi) is 2.63. The van der Waals surface area contributed by atoms with E-state index >= 15 is 0 Å². The molecule has 2 aliphatic rings. The Balaban J connectivity index is 1.76. The summed E-state index contributed by atoms with van der Waals surface area (Å²) < 4.78 is 0. The second kappa shape index (κ2) is 4.15. The van der Waals surface area contributed by atoms with Gasteiger partial charge in [-0.05, 0) is 24.5 Å². The van der Waals surface area contributed by atoms with Gasteiger partial charge in [-0.3, -0.25) is 4.79 Å². The first kappa shape index (κ1) is 10.8. The summed E-state index contributed by atoms with van der Waals surface area (Å²) in [5.74, 6) is 0.435. The lowest BCUT2D eigenvalue weighted by molar-refractivity contribution is -0.136. The van der Waals surface area contributed by atoms with Crippen LogP contribution in [-0.4, -0.2) is 36.5 Å². The standard InChI is InChI=1S/C14H18N2O/c1-10-9-15-6-7-16(10)14(17)13-8-11-4-2-3-5-12(11)13/h2-5,10,13,15H,6-9H2,1H3. The molecule has 1 aromatic rings. The number of carbonyl (C=O) groups excluding carboxylic acids is 1. The van der Waals surface area contributed by atoms with Gasteiger partial charge in [0, 0.05) is 25.7 Å². The maximum atomic E-state index is 12.5. The monoisotopic (exact) mass is 230 g/mol. The van der Waals surface area contributed by atoms with Crippen molar-refractivity contribution in [2.24, 2.45) is 0 Å². The van der Waals surface area contributed by atoms with Gasteiger partial charge >= 0.3 is 0 Å². The summed E-state index contributed by atoms with van der Waals surface area (Å²) in [6.07, 6.45) is 0.922. The van der Waals surface area contributed by atoms with Crippen molar-refractivity contribution in [1.82, 2.24) is 10.2 Å². The largest absolute Gasteiger partial charge is 0.337 e. The van der Waals surface area contributed by atoms with E-state index in [-0.39, 0.29) is 5.92 Å². The van der Waals surface area contributed by atoms with Crippen molar-refractivity contribution in [1.29, 1.82) is 0 Å². The maximum absolute atomic E-state index is 12.5. The molecule has 1 aliphatic carbocycles. The van der Waals surface area contributed by atoms with Crippen LogP contribution in [0.15, 0.2) is 24.3 Å². The minimum atomic E-state index is 0.117. The van der Waals surface area contributed by atoms with E-state index in [0.29, 0.717) is 11.9 Å². The van der Waals surface area contributed by atoms with Crippen molar-refractivity contribution in [2.75, 3.05) is 19.6 Å². The van der Waals surface area contributed by atoms with E-state index in [4.69, 9.17) is 0 Å². The second-order valence-corrected chi connectivity index (χ2v) is 5.04. The van der Waals surface area contributed by atoms with Gasteiger partial charge in [0.1, 0.15) is 0 Å². The Labute approximate surface area is 102 Å². The highest BCUT2D eigenvalue weighted by atomic mass is 16.2. The predicted molar refractivity (Wildman–Crippen MR) is 66.9 cm³/mol. The van der Waals surface area contributed by atoms with Crippen LogP contribution in [-0.2, 0) is 11.2 Å². The van der Waals surface area contributed by atoms with Crippen molar-refractivity contribution in [3.63, 3.8) is 0 Å². The molecule has 2 atom stereocenters. The number of hydrogen-bond acceptors (Lipinski definition) is 2. The lowest BCUT2D eigenvalue weighted by Gasteiger charge is -2.39. The summed E-state index contributed by atoms with van der Waals surface area (Å²) in [5, 5.41) is 3.32. The lowest BCUT2D eigenvalue weighted by atomic mass is 9.76. The maximum Gasteiger partial charge on any atom is 0.230 e. The molecule has 1 aromatic carbocycles. The highest BCUT2D eigenvalue weighted by molar-refractivity contribution is 5.87. The zero-order valence-electron chi connectivity index (χ0n) is 10.1. The average molecular weight is 230 g/mol. The Morgan fingerprint density at radius 3 is 3.00 bits per heavy atom. The molecule has 3 rings (SSSR count). The van der Waals surface area contributed by atoms with E-state index in [1.165, 1.54) is 11.1 Å². The number of benzene rings is 1. The molecule has 1 aliphatic heterocycles. The fraction of sp³-hybridized carbons (Fsp3) is 0.500. The van der Waals surface area contributed by atoms with Gasteiger partial charge in [0.15, 0.2) is 0 Å². The van der Waals surface area contributed by atoms with Gasteiger partial charge in [0.2, 0.25) is 5.91 Å². The van der Waals surface area contributed by atoms with Gasteiger partial charge in [-0.1, -0.05) is 24.3 Å². The molecule has 0 aromatic heterocycles. The van der Waals surface area contributed by atoms with Gasteiger partial charge in [0.25, 0.3) is 0 Å². The quantitative estimate of drug-likeness (QED) is 0.785. The molecule has 0 radical (unpaired) electrons. The summed E-state index contributed by atoms with van der Waals surface area (Å²) in [6, 6.07) is 8.62. The van der Waals surface area contributed by atoms with Crippen LogP contribution in [0.1, 0.15) is 24.0 Å². The van der Waals surface area contributed by atoms with E-state index < -0.39 is 0 Å². The Morgan fingerprint density at radius 1 is 1.41 bits per heavy atom. The van der Waals surface area contributed by atoms with Crippen LogP contribution in [0.3, 0.4) is 0 Å². The molecule has 1 amide bonds. The minimum Gasteiger partial charge on any atom is -0.337 e. The van der Waals surface area contributed by atoms with Crippen molar-refractivity contribution in [2.45, 2.75) is 25.3 Å². The predicted octanol–water partition coefficient (Wildman–Crippen LogP) is 1.15. The van der Waals surface area contributed by atoms with Crippen molar-refractivity contribution >= 4 is 5.91 Å². The highest BCUT2D eigenvalue weighted by Crippen LogP contribution is 2.36. The number of carbonyl (C=O) groups is 1. The van der Waals surface area contributed by atoms with Crippen LogP contribution in [0, 0.1) is 0 Å². The van der Waals surface area contributed by atoms with Crippen LogP contribution in [0.5, 0.6) is 0 Å². The number of fused-ring (bicyclic) bond motifs is 1. The van der Waals surface area contributed by atoms with E-state index in [0.717, 1.165) is 26.1 Å². The van der Waals surface area contributed by atoms with Crippen LogP contribution in [0.25, 0.3) is 0 Å². The zero-order valence-corrected chi connectivity index (χ0v) is 10.1. The fourth-order valence-electron chi connectivity index (χ4n) is 2.85. The lowest BCUT2D eigenvalue weighted by Crippen LogP contribution is -2.54. The second-order valence-electron chi connectivity index (χ2n) is 5.04. The minimum absolute atomic E-state index is 0.117. The normalized spacial score (nSPS) is 27.2. The number of nitrogens with zero attached hydrogens (tertiary/aromatic N) is 1. The molecule has 0 spiro atoms. The SMILES string of the molecule is CC1CNCCN1C(=O)C1Cc2ccccc21. The summed E-state index contributed by atoms with van der Waals surface area (Å²) in [5.41, 5.74) is 2.58. The molecule has 1 saturated heterocycles. The molecule has 3 heteroatoms. The van der Waals surface area contributed by atoms with Crippen molar-refractivity contribution < 1.29 is 4.79 Å². The first-order valence-corrected chi connectivity index (χ1v) is 6.36. The van der Waals surface area contributed by atoms with Gasteiger partial charge < -0.3 is 10.2 Å². The molecular formula is C14H18N2O. The molecular weight excluding hydrogens is 212 g/mol. The third kappa shape index (κ3) is 1.75. The van der Waals surface area contributed by atoms with Crippen LogP contribution < -0.4 is 5.32 Å². The summed E-state index contributed by atoms with van der Waals surface area (Å²) in [6.45, 7) is 4.80. The first-order chi connectivity index (χ1) is 8.27. The molecule has 17 heavy (non-hydrogen) atoms. The Morgan fingerprint density at radius 2 is 2.24 bits per heavy atom. The van der Waals surface area contributed by atoms with Crippen LogP contribution >= 0.6 is 0 Å². The third-order valence-electron chi connectivity index (χ3n) is 3.94. The van der Waals surface area contributed by atoms with E-state index in [1.807, 2.05) is 17.0 Å². The van der Waals surface area contributed by atoms with Gasteiger partial charge in [-0.2, -0.15) is 0 Å². The van der Waals surface area contributed by atoms with Crippen LogP contribution in [0.2, 0.25) is 0 Å². The van der Waals surface area contributed by atoms with Gasteiger partial charge in [0.05, 0.1) is 5.92 Å². The van der Waals surface area contributed by atoms with E-state index in [1.54, 1.807) is 0 Å². The fourth-order valence-corrected chi connectivity index (χ4v) is 2.85. The molecule has 90 valence electrons. The molecule has 1 heterocycles. The summed E-state index contributed by atoms with van der Waals surface area (Å²) >= 11 is 0. The first-order valence-electron chi connectivity index (χ1n) is 6.36. The molecule has 0 saturated carbocycles. The molecule has 1 N–H and O–H groups in total. The van der Waals surface area contributed by atoms with Crippen molar-refractivity contribution in [3.05, 3.63) is 35.4 Å². The smallest absolute Gasteiger partial charge is 0.230 e. The van der Waals surface area contributed by atoms with E-state index in [9.17, 15) is 4.79 Å². The number of rotatable bonds is 1. The average Bonchev–Trinajstić information content (AvgIpc) is 2.31. The molecule has 2 unspecified atom stereocenters. The number of piperazine rings is 1. The highest BCUT2D eigenvalue weighted by Gasteiger charge is 2.36. The number of nitrogens with one attached hydrogen (secondary N) is 1. The van der Waals surface area contributed by atoms with Crippen LogP contribution in [0.4, 0.5) is 0 Å². The topological polar surface area (TPSA) is 32.3 Å². The summed E-state index contributed by atoms with van der Waals surface area (Å²) in [7, 11) is 0. The Hall–Kier alpha value is -1.35. The Bertz CT molecular complexity index is 444. The van der Waals surface area contributed by atoms with E-state index in [2.05, 4.69) is 24.4 Å². The molecule has 1 fully saturated rings. The number of amides is 1. The number of hydrogen-bond donors (Lipinski definition) is 1. The molecule has 3 nitrogen and oxygen atoms in total. The third-order valence-corrected chi connectivity index (χ3v) is 3.94. The zero-order chi connectivity index (χ0) is 11.8. The van der Waals surface area contributed by atoms with Crippen molar-refractivity contribution in [3.8, 4) is 0 Å². The van der Waals surface area contributed by atoms with Gasteiger partial charge in [-0.25, -0.2) is 0 Å².